The normalized spacial score (nSPS) is 12.1. The summed E-state index contributed by atoms with van der Waals surface area (Å²) in [6.45, 7) is 0. The van der Waals surface area contributed by atoms with Gasteiger partial charge in [0.2, 0.25) is 0 Å². The van der Waals surface area contributed by atoms with Crippen molar-refractivity contribution in [3.63, 3.8) is 0 Å². The molecule has 7 heteroatoms. The topological polar surface area (TPSA) is 94.8 Å². The van der Waals surface area contributed by atoms with Gasteiger partial charge in [0.1, 0.15) is 5.75 Å². The molecule has 0 aromatic heterocycles. The summed E-state index contributed by atoms with van der Waals surface area (Å²) in [4.78, 5) is 21.5. The number of phenolic OH excluding ortho intramolecular Hbond substituents is 1. The van der Waals surface area contributed by atoms with Crippen LogP contribution in [-0.2, 0) is 16.0 Å². The highest BCUT2D eigenvalue weighted by Gasteiger charge is 2.23. The Balaban J connectivity index is 3.00. The SMILES string of the molecule is O=C(O)CC(Cc1cc(Br)cc(Br)c1O)C(=O)O. The maximum Gasteiger partial charge on any atom is 0.307 e. The number of phenols is 1. The van der Waals surface area contributed by atoms with Crippen LogP contribution in [0.2, 0.25) is 0 Å². The molecule has 98 valence electrons. The Bertz CT molecular complexity index is 487. The molecule has 1 rings (SSSR count). The van der Waals surface area contributed by atoms with Crippen LogP contribution < -0.4 is 0 Å². The Morgan fingerprint density at radius 2 is 1.83 bits per heavy atom. The second-order valence-corrected chi connectivity index (χ2v) is 5.50. The van der Waals surface area contributed by atoms with Gasteiger partial charge in [-0.2, -0.15) is 0 Å². The van der Waals surface area contributed by atoms with Crippen LogP contribution in [0.3, 0.4) is 0 Å². The van der Waals surface area contributed by atoms with Crippen molar-refractivity contribution in [3.05, 3.63) is 26.6 Å². The first kappa shape index (κ1) is 15.0. The first-order chi connectivity index (χ1) is 8.31. The fraction of sp³-hybridized carbons (Fsp3) is 0.273. The third-order valence-corrected chi connectivity index (χ3v) is 3.41. The molecule has 1 aromatic carbocycles. The number of hydrogen-bond acceptors (Lipinski definition) is 3. The van der Waals surface area contributed by atoms with Gasteiger partial charge in [-0.15, -0.1) is 0 Å². The summed E-state index contributed by atoms with van der Waals surface area (Å²) >= 11 is 6.35. The van der Waals surface area contributed by atoms with Crippen LogP contribution in [-0.4, -0.2) is 27.3 Å². The minimum atomic E-state index is -1.20. The monoisotopic (exact) mass is 380 g/mol. The number of hydrogen-bond donors (Lipinski definition) is 3. The molecular weight excluding hydrogens is 372 g/mol. The molecule has 0 aliphatic carbocycles. The summed E-state index contributed by atoms with van der Waals surface area (Å²) in [5.74, 6) is -3.53. The molecule has 18 heavy (non-hydrogen) atoms. The van der Waals surface area contributed by atoms with E-state index >= 15 is 0 Å². The molecular formula is C11H10Br2O5. The highest BCUT2D eigenvalue weighted by Crippen LogP contribution is 2.33. The molecule has 1 atom stereocenters. The molecule has 0 saturated carbocycles. The van der Waals surface area contributed by atoms with Gasteiger partial charge in [0, 0.05) is 4.47 Å². The number of carbonyl (C=O) groups is 2. The first-order valence-electron chi connectivity index (χ1n) is 4.92. The van der Waals surface area contributed by atoms with Crippen molar-refractivity contribution >= 4 is 43.8 Å². The number of carboxylic acid groups (broad SMARTS) is 2. The quantitative estimate of drug-likeness (QED) is 0.728. The largest absolute Gasteiger partial charge is 0.506 e. The highest BCUT2D eigenvalue weighted by molar-refractivity contribution is 9.11. The van der Waals surface area contributed by atoms with Crippen molar-refractivity contribution in [3.8, 4) is 5.75 Å². The maximum atomic E-state index is 11.0. The van der Waals surface area contributed by atoms with E-state index in [1.165, 1.54) is 0 Å². The summed E-state index contributed by atoms with van der Waals surface area (Å²) in [7, 11) is 0. The van der Waals surface area contributed by atoms with E-state index in [4.69, 9.17) is 10.2 Å². The van der Waals surface area contributed by atoms with Crippen molar-refractivity contribution in [2.24, 2.45) is 5.92 Å². The minimum Gasteiger partial charge on any atom is -0.506 e. The van der Waals surface area contributed by atoms with Crippen LogP contribution in [0.5, 0.6) is 5.75 Å². The fourth-order valence-electron chi connectivity index (χ4n) is 1.50. The van der Waals surface area contributed by atoms with Crippen LogP contribution in [0, 0.1) is 5.92 Å². The lowest BCUT2D eigenvalue weighted by atomic mass is 9.96. The summed E-state index contributed by atoms with van der Waals surface area (Å²) in [5.41, 5.74) is 0.380. The van der Waals surface area contributed by atoms with Crippen LogP contribution in [0.15, 0.2) is 21.1 Å². The molecule has 0 amide bonds. The molecule has 3 N–H and O–H groups in total. The van der Waals surface area contributed by atoms with Crippen molar-refractivity contribution in [2.45, 2.75) is 12.8 Å². The van der Waals surface area contributed by atoms with E-state index in [-0.39, 0.29) is 12.2 Å². The smallest absolute Gasteiger partial charge is 0.307 e. The van der Waals surface area contributed by atoms with Crippen LogP contribution in [0.25, 0.3) is 0 Å². The van der Waals surface area contributed by atoms with Crippen molar-refractivity contribution in [1.82, 2.24) is 0 Å². The number of aliphatic carboxylic acids is 2. The fourth-order valence-corrected chi connectivity index (χ4v) is 2.81. The van der Waals surface area contributed by atoms with Crippen LogP contribution >= 0.6 is 31.9 Å². The standard InChI is InChI=1S/C11H10Br2O5/c12-7-2-5(10(16)8(13)4-7)1-6(11(17)18)3-9(14)15/h2,4,6,16H,1,3H2,(H,14,15)(H,17,18). The van der Waals surface area contributed by atoms with E-state index < -0.39 is 24.3 Å². The first-order valence-corrected chi connectivity index (χ1v) is 6.51. The van der Waals surface area contributed by atoms with E-state index in [2.05, 4.69) is 31.9 Å². The molecule has 1 unspecified atom stereocenters. The number of carboxylic acids is 2. The van der Waals surface area contributed by atoms with Crippen molar-refractivity contribution < 1.29 is 24.9 Å². The zero-order chi connectivity index (χ0) is 13.9. The van der Waals surface area contributed by atoms with Gasteiger partial charge in [0.05, 0.1) is 16.8 Å². The molecule has 0 aliphatic rings. The van der Waals surface area contributed by atoms with Gasteiger partial charge in [-0.25, -0.2) is 0 Å². The van der Waals surface area contributed by atoms with E-state index in [1.807, 2.05) is 0 Å². The second kappa shape index (κ2) is 6.19. The highest BCUT2D eigenvalue weighted by atomic mass is 79.9. The summed E-state index contributed by atoms with van der Waals surface area (Å²) in [6, 6.07) is 3.18. The lowest BCUT2D eigenvalue weighted by Crippen LogP contribution is -2.20. The van der Waals surface area contributed by atoms with Gasteiger partial charge in [-0.1, -0.05) is 15.9 Å². The second-order valence-electron chi connectivity index (χ2n) is 3.73. The number of halogens is 2. The maximum absolute atomic E-state index is 11.0. The van der Waals surface area contributed by atoms with Gasteiger partial charge >= 0.3 is 11.9 Å². The minimum absolute atomic E-state index is 0.0501. The van der Waals surface area contributed by atoms with E-state index in [1.54, 1.807) is 12.1 Å². The van der Waals surface area contributed by atoms with Gasteiger partial charge < -0.3 is 15.3 Å². The van der Waals surface area contributed by atoms with Crippen molar-refractivity contribution in [2.75, 3.05) is 0 Å². The third kappa shape index (κ3) is 3.99. The van der Waals surface area contributed by atoms with Gasteiger partial charge in [0.25, 0.3) is 0 Å². The Kier molecular flexibility index (Phi) is 5.15. The third-order valence-electron chi connectivity index (χ3n) is 2.34. The Morgan fingerprint density at radius 3 is 2.33 bits per heavy atom. The van der Waals surface area contributed by atoms with Crippen molar-refractivity contribution in [1.29, 1.82) is 0 Å². The predicted octanol–water partition coefficient (Wildman–Crippen LogP) is 2.64. The molecule has 0 radical (unpaired) electrons. The molecule has 0 spiro atoms. The lowest BCUT2D eigenvalue weighted by molar-refractivity contribution is -0.148. The molecule has 0 aliphatic heterocycles. The van der Waals surface area contributed by atoms with E-state index in [9.17, 15) is 14.7 Å². The van der Waals surface area contributed by atoms with Gasteiger partial charge in [-0.05, 0) is 40.0 Å². The molecule has 0 bridgehead atoms. The zero-order valence-corrected chi connectivity index (χ0v) is 12.2. The molecule has 1 aromatic rings. The zero-order valence-electron chi connectivity index (χ0n) is 9.06. The van der Waals surface area contributed by atoms with E-state index in [0.717, 1.165) is 0 Å². The molecule has 0 saturated heterocycles. The van der Waals surface area contributed by atoms with E-state index in [0.29, 0.717) is 14.5 Å². The van der Waals surface area contributed by atoms with Gasteiger partial charge in [-0.3, -0.25) is 9.59 Å². The number of aromatic hydroxyl groups is 1. The average Bonchev–Trinajstić information content (AvgIpc) is 2.23. The summed E-state index contributed by atoms with van der Waals surface area (Å²) in [6.07, 6.45) is -0.537. The summed E-state index contributed by atoms with van der Waals surface area (Å²) in [5, 5.41) is 27.4. The summed E-state index contributed by atoms with van der Waals surface area (Å²) < 4.78 is 1.09. The Hall–Kier alpha value is -1.08. The number of rotatable bonds is 5. The molecule has 0 fully saturated rings. The lowest BCUT2D eigenvalue weighted by Gasteiger charge is -2.12. The average molecular weight is 382 g/mol. The Labute approximate surface area is 120 Å². The van der Waals surface area contributed by atoms with Crippen LogP contribution in [0.1, 0.15) is 12.0 Å². The van der Waals surface area contributed by atoms with Crippen LogP contribution in [0.4, 0.5) is 0 Å². The van der Waals surface area contributed by atoms with Gasteiger partial charge in [0.15, 0.2) is 0 Å². The molecule has 0 heterocycles. The number of benzene rings is 1. The molecule has 5 nitrogen and oxygen atoms in total. The predicted molar refractivity (Wildman–Crippen MR) is 70.6 cm³/mol. The Morgan fingerprint density at radius 1 is 1.22 bits per heavy atom.